The standard InChI is InChI=1S/C25H24N4O6/c1-3-34-24(31)21-20(27-25(32)28-22(21)16-7-11-19(33-2)12-8-16)15-35-23(30)17-5-9-18(10-6-17)29-14-4-13-26-29/h4-14,22H,3,15H2,1-2H3,(H2,27,28,32). The van der Waals surface area contributed by atoms with E-state index in [1.165, 1.54) is 0 Å². The van der Waals surface area contributed by atoms with Gasteiger partial charge in [0.2, 0.25) is 0 Å². The fourth-order valence-corrected chi connectivity index (χ4v) is 3.62. The average Bonchev–Trinajstić information content (AvgIpc) is 3.42. The first kappa shape index (κ1) is 23.6. The van der Waals surface area contributed by atoms with Gasteiger partial charge in [-0.15, -0.1) is 0 Å². The second-order valence-electron chi connectivity index (χ2n) is 7.49. The number of ether oxygens (including phenoxy) is 3. The number of urea groups is 1. The van der Waals surface area contributed by atoms with Crippen molar-refractivity contribution in [3.05, 3.63) is 89.4 Å². The molecule has 4 rings (SSSR count). The summed E-state index contributed by atoms with van der Waals surface area (Å²) in [4.78, 5) is 37.9. The number of carbonyl (C=O) groups is 3. The van der Waals surface area contributed by atoms with Crippen LogP contribution >= 0.6 is 0 Å². The first-order valence-corrected chi connectivity index (χ1v) is 10.9. The van der Waals surface area contributed by atoms with Crippen LogP contribution in [0.3, 0.4) is 0 Å². The van der Waals surface area contributed by atoms with Gasteiger partial charge in [-0.3, -0.25) is 0 Å². The van der Waals surface area contributed by atoms with Crippen LogP contribution < -0.4 is 15.4 Å². The van der Waals surface area contributed by atoms with Crippen LogP contribution in [0.15, 0.2) is 78.3 Å². The zero-order chi connectivity index (χ0) is 24.8. The van der Waals surface area contributed by atoms with Crippen molar-refractivity contribution in [2.45, 2.75) is 13.0 Å². The van der Waals surface area contributed by atoms with E-state index in [0.717, 1.165) is 5.69 Å². The molecule has 10 nitrogen and oxygen atoms in total. The molecule has 2 N–H and O–H groups in total. The molecule has 1 atom stereocenters. The maximum atomic E-state index is 12.8. The number of nitrogens with zero attached hydrogens (tertiary/aromatic N) is 2. The van der Waals surface area contributed by atoms with E-state index in [4.69, 9.17) is 14.2 Å². The van der Waals surface area contributed by atoms with Gasteiger partial charge in [-0.05, 0) is 55.0 Å². The Labute approximate surface area is 201 Å². The second kappa shape index (κ2) is 10.6. The Morgan fingerprint density at radius 2 is 1.77 bits per heavy atom. The van der Waals surface area contributed by atoms with E-state index in [-0.39, 0.29) is 24.5 Å². The molecule has 180 valence electrons. The van der Waals surface area contributed by atoms with Gasteiger partial charge in [0.15, 0.2) is 0 Å². The van der Waals surface area contributed by atoms with Gasteiger partial charge in [0.25, 0.3) is 0 Å². The van der Waals surface area contributed by atoms with E-state index in [9.17, 15) is 14.4 Å². The third-order valence-corrected chi connectivity index (χ3v) is 5.32. The molecule has 1 unspecified atom stereocenters. The summed E-state index contributed by atoms with van der Waals surface area (Å²) in [5.41, 5.74) is 2.03. The van der Waals surface area contributed by atoms with E-state index >= 15 is 0 Å². The molecule has 3 aromatic rings. The third-order valence-electron chi connectivity index (χ3n) is 5.32. The maximum absolute atomic E-state index is 12.8. The van der Waals surface area contributed by atoms with Gasteiger partial charge in [0.05, 0.1) is 42.3 Å². The number of carbonyl (C=O) groups excluding carboxylic acids is 3. The monoisotopic (exact) mass is 476 g/mol. The summed E-state index contributed by atoms with van der Waals surface area (Å²) in [6.45, 7) is 1.50. The van der Waals surface area contributed by atoms with Crippen LogP contribution in [-0.4, -0.2) is 48.1 Å². The smallest absolute Gasteiger partial charge is 0.338 e. The number of aromatic nitrogens is 2. The molecule has 1 aromatic heterocycles. The van der Waals surface area contributed by atoms with Gasteiger partial charge in [0.1, 0.15) is 12.4 Å². The normalized spacial score (nSPS) is 15.1. The zero-order valence-electron chi connectivity index (χ0n) is 19.2. The minimum Gasteiger partial charge on any atom is -0.497 e. The van der Waals surface area contributed by atoms with Gasteiger partial charge in [-0.25, -0.2) is 19.1 Å². The molecular weight excluding hydrogens is 452 g/mol. The Morgan fingerprint density at radius 1 is 1.03 bits per heavy atom. The molecule has 0 bridgehead atoms. The molecule has 0 saturated heterocycles. The van der Waals surface area contributed by atoms with Crippen molar-refractivity contribution in [3.63, 3.8) is 0 Å². The van der Waals surface area contributed by atoms with Crippen molar-refractivity contribution in [1.82, 2.24) is 20.4 Å². The fourth-order valence-electron chi connectivity index (χ4n) is 3.62. The molecular formula is C25H24N4O6. The summed E-state index contributed by atoms with van der Waals surface area (Å²) < 4.78 is 17.5. The lowest BCUT2D eigenvalue weighted by molar-refractivity contribution is -0.139. The fraction of sp³-hybridized carbons (Fsp3) is 0.200. The van der Waals surface area contributed by atoms with Crippen LogP contribution in [0.1, 0.15) is 28.9 Å². The quantitative estimate of drug-likeness (QED) is 0.480. The number of nitrogens with one attached hydrogen (secondary N) is 2. The number of hydrogen-bond acceptors (Lipinski definition) is 7. The predicted octanol–water partition coefficient (Wildman–Crippen LogP) is 2.91. The van der Waals surface area contributed by atoms with Crippen molar-refractivity contribution in [2.24, 2.45) is 0 Å². The zero-order valence-corrected chi connectivity index (χ0v) is 19.2. The Hall–Kier alpha value is -4.60. The number of benzene rings is 2. The molecule has 0 fully saturated rings. The number of esters is 2. The molecule has 0 saturated carbocycles. The Bertz CT molecular complexity index is 1230. The van der Waals surface area contributed by atoms with Gasteiger partial charge >= 0.3 is 18.0 Å². The van der Waals surface area contributed by atoms with Crippen molar-refractivity contribution in [2.75, 3.05) is 20.3 Å². The highest BCUT2D eigenvalue weighted by atomic mass is 16.5. The average molecular weight is 476 g/mol. The maximum Gasteiger partial charge on any atom is 0.338 e. The van der Waals surface area contributed by atoms with Gasteiger partial charge in [-0.2, -0.15) is 5.10 Å². The van der Waals surface area contributed by atoms with Crippen LogP contribution in [0, 0.1) is 0 Å². The summed E-state index contributed by atoms with van der Waals surface area (Å²) >= 11 is 0. The molecule has 1 aliphatic heterocycles. The first-order valence-electron chi connectivity index (χ1n) is 10.9. The van der Waals surface area contributed by atoms with Crippen LogP contribution in [0.4, 0.5) is 4.79 Å². The molecule has 2 amide bonds. The predicted molar refractivity (Wildman–Crippen MR) is 125 cm³/mol. The molecule has 0 spiro atoms. The highest BCUT2D eigenvalue weighted by Crippen LogP contribution is 2.29. The number of methoxy groups -OCH3 is 1. The molecule has 2 heterocycles. The van der Waals surface area contributed by atoms with Crippen LogP contribution in [0.5, 0.6) is 5.75 Å². The summed E-state index contributed by atoms with van der Waals surface area (Å²) in [5.74, 6) is -0.611. The Morgan fingerprint density at radius 3 is 2.40 bits per heavy atom. The number of rotatable bonds is 8. The molecule has 2 aromatic carbocycles. The molecule has 0 radical (unpaired) electrons. The van der Waals surface area contributed by atoms with Crippen LogP contribution in [0.2, 0.25) is 0 Å². The largest absolute Gasteiger partial charge is 0.497 e. The highest BCUT2D eigenvalue weighted by molar-refractivity contribution is 5.95. The van der Waals surface area contributed by atoms with Crippen molar-refractivity contribution in [3.8, 4) is 11.4 Å². The molecule has 1 aliphatic rings. The molecule has 0 aliphatic carbocycles. The topological polar surface area (TPSA) is 121 Å². The van der Waals surface area contributed by atoms with Gasteiger partial charge in [-0.1, -0.05) is 12.1 Å². The minimum atomic E-state index is -0.796. The lowest BCUT2D eigenvalue weighted by Gasteiger charge is -2.29. The number of hydrogen-bond donors (Lipinski definition) is 2. The van der Waals surface area contributed by atoms with E-state index < -0.39 is 24.0 Å². The highest BCUT2D eigenvalue weighted by Gasteiger charge is 2.34. The third kappa shape index (κ3) is 5.32. The van der Waals surface area contributed by atoms with Gasteiger partial charge in [0, 0.05) is 12.4 Å². The lowest BCUT2D eigenvalue weighted by Crippen LogP contribution is -2.47. The molecule has 35 heavy (non-hydrogen) atoms. The summed E-state index contributed by atoms with van der Waals surface area (Å²) in [6.07, 6.45) is 3.44. The summed E-state index contributed by atoms with van der Waals surface area (Å²) in [5, 5.41) is 9.45. The molecule has 10 heteroatoms. The van der Waals surface area contributed by atoms with Crippen LogP contribution in [0.25, 0.3) is 5.69 Å². The van der Waals surface area contributed by atoms with Crippen LogP contribution in [-0.2, 0) is 14.3 Å². The second-order valence-corrected chi connectivity index (χ2v) is 7.49. The van der Waals surface area contributed by atoms with E-state index in [1.807, 2.05) is 0 Å². The van der Waals surface area contributed by atoms with E-state index in [0.29, 0.717) is 16.9 Å². The number of amides is 2. The Balaban J connectivity index is 1.57. The minimum absolute atomic E-state index is 0.140. The van der Waals surface area contributed by atoms with Crippen molar-refractivity contribution >= 4 is 18.0 Å². The SMILES string of the molecule is CCOC(=O)C1=C(COC(=O)c2ccc(-n3cccn3)cc2)NC(=O)NC1c1ccc(OC)cc1. The lowest BCUT2D eigenvalue weighted by atomic mass is 9.95. The van der Waals surface area contributed by atoms with Crippen molar-refractivity contribution < 1.29 is 28.6 Å². The van der Waals surface area contributed by atoms with Crippen molar-refractivity contribution in [1.29, 1.82) is 0 Å². The van der Waals surface area contributed by atoms with E-state index in [2.05, 4.69) is 15.7 Å². The summed E-state index contributed by atoms with van der Waals surface area (Å²) in [7, 11) is 1.54. The van der Waals surface area contributed by atoms with Gasteiger partial charge < -0.3 is 24.8 Å². The first-order chi connectivity index (χ1) is 17.0. The summed E-state index contributed by atoms with van der Waals surface area (Å²) in [6, 6.07) is 14.1. The Kier molecular flexibility index (Phi) is 7.10. The van der Waals surface area contributed by atoms with E-state index in [1.54, 1.807) is 85.7 Å².